The van der Waals surface area contributed by atoms with Crippen molar-refractivity contribution in [3.63, 3.8) is 0 Å². The Hall–Kier alpha value is -3.14. The van der Waals surface area contributed by atoms with Crippen LogP contribution in [0.2, 0.25) is 15.1 Å². The zero-order valence-electron chi connectivity index (χ0n) is 19.8. The fourth-order valence-electron chi connectivity index (χ4n) is 3.67. The lowest BCUT2D eigenvalue weighted by molar-refractivity contribution is -0.155. The zero-order chi connectivity index (χ0) is 27.2. The van der Waals surface area contributed by atoms with E-state index >= 15 is 0 Å². The van der Waals surface area contributed by atoms with Gasteiger partial charge in [-0.1, -0.05) is 34.8 Å². The van der Waals surface area contributed by atoms with E-state index in [0.29, 0.717) is 15.1 Å². The Morgan fingerprint density at radius 1 is 0.658 bits per heavy atom. The van der Waals surface area contributed by atoms with Gasteiger partial charge in [-0.05, 0) is 72.8 Å². The van der Waals surface area contributed by atoms with Crippen molar-refractivity contribution in [2.45, 2.75) is 24.6 Å². The van der Waals surface area contributed by atoms with Crippen LogP contribution in [0.4, 0.5) is 0 Å². The van der Waals surface area contributed by atoms with E-state index in [0.717, 1.165) is 0 Å². The largest absolute Gasteiger partial charge is 0.459 e. The minimum atomic E-state index is -1.18. The number of esters is 3. The number of benzene rings is 3. The lowest BCUT2D eigenvalue weighted by Gasteiger charge is -2.24. The van der Waals surface area contributed by atoms with Gasteiger partial charge in [-0.15, -0.1) is 0 Å². The standard InChI is InChI=1S/C27H21Cl3O8/c1-34-27-23(38-26(33)17-6-12-20(30)13-7-17)22(37-25(32)16-4-10-19(29)11-5-16)21(36-27)14-35-24(31)15-2-8-18(28)9-3-15/h2-13,21-23,27H,14H2,1H3/t21-,22+,23+,27-/m1/s1. The van der Waals surface area contributed by atoms with Gasteiger partial charge in [0.2, 0.25) is 0 Å². The lowest BCUT2D eigenvalue weighted by atomic mass is 10.1. The average Bonchev–Trinajstić information content (AvgIpc) is 3.24. The third kappa shape index (κ3) is 6.83. The Morgan fingerprint density at radius 3 is 1.47 bits per heavy atom. The van der Waals surface area contributed by atoms with E-state index in [2.05, 4.69) is 0 Å². The fourth-order valence-corrected chi connectivity index (χ4v) is 4.04. The van der Waals surface area contributed by atoms with Crippen LogP contribution in [0, 0.1) is 0 Å². The van der Waals surface area contributed by atoms with E-state index in [1.54, 1.807) is 12.1 Å². The van der Waals surface area contributed by atoms with E-state index in [1.807, 2.05) is 0 Å². The molecule has 0 spiro atoms. The molecule has 1 saturated heterocycles. The second-order valence-electron chi connectivity index (χ2n) is 8.14. The molecule has 4 atom stereocenters. The fraction of sp³-hybridized carbons (Fsp3) is 0.222. The first-order chi connectivity index (χ1) is 18.2. The van der Waals surface area contributed by atoms with Gasteiger partial charge >= 0.3 is 17.9 Å². The van der Waals surface area contributed by atoms with E-state index in [4.69, 9.17) is 58.5 Å². The monoisotopic (exact) mass is 578 g/mol. The molecule has 0 radical (unpaired) electrons. The van der Waals surface area contributed by atoms with E-state index in [-0.39, 0.29) is 23.3 Å². The molecule has 0 aliphatic carbocycles. The Bertz CT molecular complexity index is 1280. The predicted octanol–water partition coefficient (Wildman–Crippen LogP) is 5.63. The number of carbonyl (C=O) groups excluding carboxylic acids is 3. The molecule has 4 rings (SSSR count). The molecule has 0 saturated carbocycles. The minimum absolute atomic E-state index is 0.204. The summed E-state index contributed by atoms with van der Waals surface area (Å²) in [4.78, 5) is 38.4. The molecule has 0 aromatic heterocycles. The second kappa shape index (κ2) is 12.6. The first-order valence-corrected chi connectivity index (χ1v) is 12.4. The summed E-state index contributed by atoms with van der Waals surface area (Å²) in [6.45, 7) is -0.325. The van der Waals surface area contributed by atoms with Crippen LogP contribution in [0.1, 0.15) is 31.1 Å². The van der Waals surface area contributed by atoms with Gasteiger partial charge in [0.1, 0.15) is 12.7 Å². The summed E-state index contributed by atoms with van der Waals surface area (Å²) in [6, 6.07) is 18.2. The van der Waals surface area contributed by atoms with Crippen molar-refractivity contribution in [1.29, 1.82) is 0 Å². The van der Waals surface area contributed by atoms with Crippen LogP contribution in [0.5, 0.6) is 0 Å². The molecule has 3 aromatic rings. The SMILES string of the molecule is CO[C@@H]1O[C@H](COC(=O)c2ccc(Cl)cc2)[C@H](OC(=O)c2ccc(Cl)cc2)[C@@H]1OC(=O)c1ccc(Cl)cc1. The molecule has 1 aliphatic heterocycles. The lowest BCUT2D eigenvalue weighted by Crippen LogP contribution is -2.42. The van der Waals surface area contributed by atoms with Crippen molar-refractivity contribution in [3.05, 3.63) is 105 Å². The van der Waals surface area contributed by atoms with Crippen molar-refractivity contribution < 1.29 is 38.1 Å². The molecule has 11 heteroatoms. The number of rotatable bonds is 8. The third-order valence-electron chi connectivity index (χ3n) is 5.60. The highest BCUT2D eigenvalue weighted by Gasteiger charge is 2.50. The summed E-state index contributed by atoms with van der Waals surface area (Å²) in [6.07, 6.45) is -4.50. The summed E-state index contributed by atoms with van der Waals surface area (Å²) in [5.41, 5.74) is 0.677. The quantitative estimate of drug-likeness (QED) is 0.250. The molecule has 3 aromatic carbocycles. The molecule has 38 heavy (non-hydrogen) atoms. The van der Waals surface area contributed by atoms with Crippen LogP contribution in [0.25, 0.3) is 0 Å². The van der Waals surface area contributed by atoms with Crippen LogP contribution in [-0.2, 0) is 23.7 Å². The van der Waals surface area contributed by atoms with Crippen molar-refractivity contribution in [2.75, 3.05) is 13.7 Å². The van der Waals surface area contributed by atoms with Crippen LogP contribution in [0.15, 0.2) is 72.8 Å². The average molecular weight is 580 g/mol. The smallest absolute Gasteiger partial charge is 0.338 e. The summed E-state index contributed by atoms with van der Waals surface area (Å²) in [5, 5.41) is 1.34. The highest BCUT2D eigenvalue weighted by molar-refractivity contribution is 6.31. The molecule has 1 fully saturated rings. The highest BCUT2D eigenvalue weighted by atomic mass is 35.5. The van der Waals surface area contributed by atoms with Crippen LogP contribution in [-0.4, -0.2) is 56.2 Å². The molecule has 1 aliphatic rings. The van der Waals surface area contributed by atoms with Gasteiger partial charge in [0.15, 0.2) is 18.5 Å². The molecule has 0 unspecified atom stereocenters. The Kier molecular flexibility index (Phi) is 9.25. The highest BCUT2D eigenvalue weighted by Crippen LogP contribution is 2.30. The van der Waals surface area contributed by atoms with E-state index in [9.17, 15) is 14.4 Å². The maximum Gasteiger partial charge on any atom is 0.338 e. The second-order valence-corrected chi connectivity index (χ2v) is 9.45. The Labute approximate surface area is 233 Å². The van der Waals surface area contributed by atoms with Gasteiger partial charge in [-0.2, -0.15) is 0 Å². The topological polar surface area (TPSA) is 97.4 Å². The van der Waals surface area contributed by atoms with Gasteiger partial charge in [0, 0.05) is 22.2 Å². The molecule has 0 N–H and O–H groups in total. The molecule has 1 heterocycles. The summed E-state index contributed by atoms with van der Waals surface area (Å²) in [7, 11) is 1.34. The molecular formula is C27H21Cl3O8. The minimum Gasteiger partial charge on any atom is -0.459 e. The first kappa shape index (κ1) is 27.9. The van der Waals surface area contributed by atoms with Crippen molar-refractivity contribution >= 4 is 52.7 Å². The summed E-state index contributed by atoms with van der Waals surface area (Å²) < 4.78 is 28.0. The number of halogens is 3. The number of carbonyl (C=O) groups is 3. The maximum atomic E-state index is 12.9. The van der Waals surface area contributed by atoms with Gasteiger partial charge in [-0.25, -0.2) is 14.4 Å². The first-order valence-electron chi connectivity index (χ1n) is 11.3. The van der Waals surface area contributed by atoms with Crippen LogP contribution in [0.3, 0.4) is 0 Å². The van der Waals surface area contributed by atoms with Gasteiger partial charge in [-0.3, -0.25) is 0 Å². The maximum absolute atomic E-state index is 12.9. The van der Waals surface area contributed by atoms with Crippen molar-refractivity contribution in [3.8, 4) is 0 Å². The number of hydrogen-bond donors (Lipinski definition) is 0. The number of hydrogen-bond acceptors (Lipinski definition) is 8. The van der Waals surface area contributed by atoms with E-state index in [1.165, 1.54) is 67.8 Å². The molecule has 0 amide bonds. The summed E-state index contributed by atoms with van der Waals surface area (Å²) in [5.74, 6) is -2.10. The summed E-state index contributed by atoms with van der Waals surface area (Å²) >= 11 is 17.7. The van der Waals surface area contributed by atoms with Crippen LogP contribution < -0.4 is 0 Å². The van der Waals surface area contributed by atoms with Gasteiger partial charge in [0.25, 0.3) is 0 Å². The Balaban J connectivity index is 1.55. The van der Waals surface area contributed by atoms with Gasteiger partial charge in [0.05, 0.1) is 16.7 Å². The van der Waals surface area contributed by atoms with Crippen LogP contribution >= 0.6 is 34.8 Å². The molecular weight excluding hydrogens is 559 g/mol. The van der Waals surface area contributed by atoms with Gasteiger partial charge < -0.3 is 23.7 Å². The molecule has 198 valence electrons. The van der Waals surface area contributed by atoms with Crippen molar-refractivity contribution in [1.82, 2.24) is 0 Å². The number of ether oxygens (including phenoxy) is 5. The third-order valence-corrected chi connectivity index (χ3v) is 6.36. The molecule has 0 bridgehead atoms. The predicted molar refractivity (Wildman–Crippen MR) is 139 cm³/mol. The normalized spacial score (nSPS) is 20.5. The zero-order valence-corrected chi connectivity index (χ0v) is 22.1. The van der Waals surface area contributed by atoms with Crippen molar-refractivity contribution in [2.24, 2.45) is 0 Å². The molecule has 8 nitrogen and oxygen atoms in total. The Morgan fingerprint density at radius 2 is 1.05 bits per heavy atom. The van der Waals surface area contributed by atoms with E-state index < -0.39 is 42.5 Å². The number of methoxy groups -OCH3 is 1.